The molecule has 5 heteroatoms. The summed E-state index contributed by atoms with van der Waals surface area (Å²) >= 11 is 0. The number of ether oxygens (including phenoxy) is 1. The summed E-state index contributed by atoms with van der Waals surface area (Å²) in [6.07, 6.45) is 5.46. The number of pyridine rings is 1. The number of aromatic nitrogens is 3. The highest BCUT2D eigenvalue weighted by atomic mass is 16.5. The average Bonchev–Trinajstić information content (AvgIpc) is 3.23. The molecule has 4 rings (SSSR count). The molecule has 0 atom stereocenters. The first-order valence-corrected chi connectivity index (χ1v) is 8.79. The van der Waals surface area contributed by atoms with Crippen LogP contribution in [0.4, 0.5) is 0 Å². The maximum Gasteiger partial charge on any atom is 0.120 e. The van der Waals surface area contributed by atoms with Gasteiger partial charge in [-0.15, -0.1) is 0 Å². The van der Waals surface area contributed by atoms with E-state index in [1.165, 1.54) is 0 Å². The van der Waals surface area contributed by atoms with Crippen molar-refractivity contribution in [3.8, 4) is 28.1 Å². The second-order valence-electron chi connectivity index (χ2n) is 6.17. The Morgan fingerprint density at radius 3 is 2.52 bits per heavy atom. The fraction of sp³-hybridized carbons (Fsp3) is 0.0909. The average molecular weight is 356 g/mol. The predicted molar refractivity (Wildman–Crippen MR) is 106 cm³/mol. The van der Waals surface area contributed by atoms with Crippen LogP contribution in [0.25, 0.3) is 22.4 Å². The Morgan fingerprint density at radius 2 is 1.70 bits per heavy atom. The lowest BCUT2D eigenvalue weighted by Crippen LogP contribution is -2.04. The minimum atomic E-state index is 0.481. The van der Waals surface area contributed by atoms with Gasteiger partial charge >= 0.3 is 0 Å². The molecular weight excluding hydrogens is 336 g/mol. The first-order chi connectivity index (χ1) is 13.3. The molecule has 2 aromatic heterocycles. The maximum atomic E-state index is 6.02. The number of hydrogen-bond acceptors (Lipinski definition) is 4. The quantitative estimate of drug-likeness (QED) is 0.543. The second-order valence-corrected chi connectivity index (χ2v) is 6.17. The SMILES string of the molecule is NCc1ccccc1COc1cccc(-c2n[nH]cc2-c2ccncc2)c1. The molecule has 0 spiro atoms. The standard InChI is InChI=1S/C22H20N4O/c23-13-18-4-1-2-5-19(18)15-27-20-7-3-6-17(12-20)22-21(14-25-26-22)16-8-10-24-11-9-16/h1-12,14H,13,15,23H2,(H,25,26). The molecule has 3 N–H and O–H groups in total. The molecule has 4 aromatic rings. The molecule has 0 amide bonds. The fourth-order valence-corrected chi connectivity index (χ4v) is 3.05. The zero-order chi connectivity index (χ0) is 18.5. The van der Waals surface area contributed by atoms with E-state index in [0.29, 0.717) is 13.2 Å². The van der Waals surface area contributed by atoms with Gasteiger partial charge in [0, 0.05) is 36.3 Å². The van der Waals surface area contributed by atoms with Crippen molar-refractivity contribution in [1.82, 2.24) is 15.2 Å². The van der Waals surface area contributed by atoms with Crippen molar-refractivity contribution in [1.29, 1.82) is 0 Å². The minimum Gasteiger partial charge on any atom is -0.489 e. The first kappa shape index (κ1) is 17.0. The van der Waals surface area contributed by atoms with Gasteiger partial charge < -0.3 is 10.5 Å². The van der Waals surface area contributed by atoms with E-state index in [0.717, 1.165) is 39.3 Å². The van der Waals surface area contributed by atoms with Gasteiger partial charge in [-0.05, 0) is 41.0 Å². The summed E-state index contributed by atoms with van der Waals surface area (Å²) in [7, 11) is 0. The van der Waals surface area contributed by atoms with Gasteiger partial charge in [0.05, 0.1) is 5.69 Å². The van der Waals surface area contributed by atoms with E-state index < -0.39 is 0 Å². The summed E-state index contributed by atoms with van der Waals surface area (Å²) in [6.45, 7) is 0.983. The van der Waals surface area contributed by atoms with E-state index in [1.807, 2.05) is 66.9 Å². The van der Waals surface area contributed by atoms with Crippen molar-refractivity contribution in [3.05, 3.63) is 90.4 Å². The van der Waals surface area contributed by atoms with Gasteiger partial charge in [0.15, 0.2) is 0 Å². The molecule has 0 unspecified atom stereocenters. The summed E-state index contributed by atoms with van der Waals surface area (Å²) in [5.74, 6) is 0.794. The van der Waals surface area contributed by atoms with Crippen LogP contribution in [0.2, 0.25) is 0 Å². The number of benzene rings is 2. The van der Waals surface area contributed by atoms with Crippen LogP contribution in [0.3, 0.4) is 0 Å². The third-order valence-electron chi connectivity index (χ3n) is 4.47. The van der Waals surface area contributed by atoms with E-state index >= 15 is 0 Å². The highest BCUT2D eigenvalue weighted by molar-refractivity contribution is 5.80. The van der Waals surface area contributed by atoms with Gasteiger partial charge in [-0.3, -0.25) is 10.1 Å². The van der Waals surface area contributed by atoms with Crippen LogP contribution in [-0.2, 0) is 13.2 Å². The molecule has 27 heavy (non-hydrogen) atoms. The molecule has 0 bridgehead atoms. The second kappa shape index (κ2) is 7.85. The molecule has 134 valence electrons. The van der Waals surface area contributed by atoms with E-state index in [2.05, 4.69) is 15.2 Å². The van der Waals surface area contributed by atoms with E-state index in [1.54, 1.807) is 12.4 Å². The van der Waals surface area contributed by atoms with Crippen molar-refractivity contribution in [3.63, 3.8) is 0 Å². The monoisotopic (exact) mass is 356 g/mol. The molecule has 0 radical (unpaired) electrons. The van der Waals surface area contributed by atoms with Crippen LogP contribution >= 0.6 is 0 Å². The van der Waals surface area contributed by atoms with Gasteiger partial charge in [-0.2, -0.15) is 5.10 Å². The Bertz CT molecular complexity index is 1030. The number of nitrogens with one attached hydrogen (secondary N) is 1. The van der Waals surface area contributed by atoms with Crippen LogP contribution in [0, 0.1) is 0 Å². The van der Waals surface area contributed by atoms with Gasteiger partial charge in [0.1, 0.15) is 12.4 Å². The lowest BCUT2D eigenvalue weighted by Gasteiger charge is -2.11. The molecule has 0 aliphatic carbocycles. The van der Waals surface area contributed by atoms with E-state index in [9.17, 15) is 0 Å². The predicted octanol–water partition coefficient (Wildman–Crippen LogP) is 4.18. The fourth-order valence-electron chi connectivity index (χ4n) is 3.05. The Kier molecular flexibility index (Phi) is 4.94. The van der Waals surface area contributed by atoms with Crippen LogP contribution in [-0.4, -0.2) is 15.2 Å². The normalized spacial score (nSPS) is 10.7. The molecule has 2 heterocycles. The van der Waals surface area contributed by atoms with Gasteiger partial charge in [0.2, 0.25) is 0 Å². The first-order valence-electron chi connectivity index (χ1n) is 8.79. The zero-order valence-electron chi connectivity index (χ0n) is 14.8. The lowest BCUT2D eigenvalue weighted by molar-refractivity contribution is 0.305. The molecule has 2 aromatic carbocycles. The molecule has 5 nitrogen and oxygen atoms in total. The summed E-state index contributed by atoms with van der Waals surface area (Å²) in [4.78, 5) is 4.08. The maximum absolute atomic E-state index is 6.02. The minimum absolute atomic E-state index is 0.481. The van der Waals surface area contributed by atoms with Crippen molar-refractivity contribution < 1.29 is 4.74 Å². The number of H-pyrrole nitrogens is 1. The van der Waals surface area contributed by atoms with Crippen molar-refractivity contribution in [2.75, 3.05) is 0 Å². The third kappa shape index (κ3) is 3.73. The topological polar surface area (TPSA) is 76.8 Å². The van der Waals surface area contributed by atoms with E-state index in [-0.39, 0.29) is 0 Å². The van der Waals surface area contributed by atoms with Crippen LogP contribution in [0.15, 0.2) is 79.3 Å². The number of aromatic amines is 1. The Morgan fingerprint density at radius 1 is 0.889 bits per heavy atom. The number of hydrogen-bond donors (Lipinski definition) is 2. The third-order valence-corrected chi connectivity index (χ3v) is 4.47. The highest BCUT2D eigenvalue weighted by Gasteiger charge is 2.11. The molecule has 0 saturated carbocycles. The van der Waals surface area contributed by atoms with Crippen molar-refractivity contribution in [2.24, 2.45) is 5.73 Å². The number of nitrogens with two attached hydrogens (primary N) is 1. The summed E-state index contributed by atoms with van der Waals surface area (Å²) in [6, 6.07) is 20.0. The van der Waals surface area contributed by atoms with Crippen LogP contribution in [0.5, 0.6) is 5.75 Å². The Balaban J connectivity index is 1.58. The van der Waals surface area contributed by atoms with Crippen LogP contribution < -0.4 is 10.5 Å². The highest BCUT2D eigenvalue weighted by Crippen LogP contribution is 2.31. The lowest BCUT2D eigenvalue weighted by atomic mass is 10.0. The summed E-state index contributed by atoms with van der Waals surface area (Å²) < 4.78 is 6.02. The molecule has 0 saturated heterocycles. The van der Waals surface area contributed by atoms with Gasteiger partial charge in [-0.25, -0.2) is 0 Å². The Hall–Kier alpha value is -3.44. The molecular formula is C22H20N4O. The van der Waals surface area contributed by atoms with Gasteiger partial charge in [0.25, 0.3) is 0 Å². The largest absolute Gasteiger partial charge is 0.489 e. The zero-order valence-corrected chi connectivity index (χ0v) is 14.8. The van der Waals surface area contributed by atoms with Crippen molar-refractivity contribution >= 4 is 0 Å². The summed E-state index contributed by atoms with van der Waals surface area (Å²) in [5, 5.41) is 7.39. The summed E-state index contributed by atoms with van der Waals surface area (Å²) in [5.41, 5.74) is 12.0. The van der Waals surface area contributed by atoms with Gasteiger partial charge in [-0.1, -0.05) is 36.4 Å². The molecule has 0 aliphatic rings. The number of rotatable bonds is 6. The van der Waals surface area contributed by atoms with E-state index in [4.69, 9.17) is 10.5 Å². The molecule has 0 aliphatic heterocycles. The number of nitrogens with zero attached hydrogens (tertiary/aromatic N) is 2. The molecule has 0 fully saturated rings. The van der Waals surface area contributed by atoms with Crippen LogP contribution in [0.1, 0.15) is 11.1 Å². The van der Waals surface area contributed by atoms with Crippen molar-refractivity contribution in [2.45, 2.75) is 13.2 Å². The Labute approximate surface area is 157 Å². The smallest absolute Gasteiger partial charge is 0.120 e.